The normalized spacial score (nSPS) is 11.5. The minimum Gasteiger partial charge on any atom is -0.298 e. The highest BCUT2D eigenvalue weighted by Gasteiger charge is 2.35. The molecule has 0 saturated carbocycles. The highest BCUT2D eigenvalue weighted by atomic mass is 19.4. The number of rotatable bonds is 3. The minimum absolute atomic E-state index is 0.168. The number of carbonyl (C=O) groups is 1. The third-order valence-electron chi connectivity index (χ3n) is 3.41. The number of halogens is 4. The molecular weight excluding hydrogens is 324 g/mol. The summed E-state index contributed by atoms with van der Waals surface area (Å²) >= 11 is 0. The Hall–Kier alpha value is -2.96. The second-order valence-corrected chi connectivity index (χ2v) is 5.04. The third kappa shape index (κ3) is 3.05. The van der Waals surface area contributed by atoms with Gasteiger partial charge in [0.05, 0.1) is 11.4 Å². The van der Waals surface area contributed by atoms with E-state index < -0.39 is 17.7 Å². The molecule has 0 aliphatic rings. The van der Waals surface area contributed by atoms with Crippen LogP contribution in [0.4, 0.5) is 17.6 Å². The predicted molar refractivity (Wildman–Crippen MR) is 79.3 cm³/mol. The van der Waals surface area contributed by atoms with E-state index in [1.54, 1.807) is 0 Å². The Bertz CT molecular complexity index is 865. The lowest BCUT2D eigenvalue weighted by atomic mass is 10.1. The van der Waals surface area contributed by atoms with Crippen molar-refractivity contribution in [2.75, 3.05) is 0 Å². The molecule has 0 unspecified atom stereocenters. The summed E-state index contributed by atoms with van der Waals surface area (Å²) in [6, 6.07) is 11.9. The molecule has 0 atom stereocenters. The van der Waals surface area contributed by atoms with Gasteiger partial charge in [0.1, 0.15) is 12.1 Å². The van der Waals surface area contributed by atoms with Gasteiger partial charge < -0.3 is 0 Å². The van der Waals surface area contributed by atoms with Gasteiger partial charge in [0.25, 0.3) is 0 Å². The molecular formula is C17H10F4N2O. The zero-order valence-corrected chi connectivity index (χ0v) is 12.1. The Morgan fingerprint density at radius 2 is 1.58 bits per heavy atom. The monoisotopic (exact) mass is 334 g/mol. The van der Waals surface area contributed by atoms with Crippen molar-refractivity contribution in [3.8, 4) is 16.9 Å². The number of aldehydes is 1. The van der Waals surface area contributed by atoms with E-state index in [-0.39, 0.29) is 5.69 Å². The maximum atomic E-state index is 13.1. The van der Waals surface area contributed by atoms with Gasteiger partial charge in [-0.1, -0.05) is 0 Å². The molecule has 24 heavy (non-hydrogen) atoms. The fourth-order valence-electron chi connectivity index (χ4n) is 2.24. The maximum Gasteiger partial charge on any atom is 0.435 e. The minimum atomic E-state index is -4.61. The Balaban J connectivity index is 2.17. The van der Waals surface area contributed by atoms with Crippen LogP contribution in [0.5, 0.6) is 0 Å². The molecule has 3 aromatic rings. The average molecular weight is 334 g/mol. The van der Waals surface area contributed by atoms with Crippen molar-refractivity contribution in [3.05, 3.63) is 71.7 Å². The summed E-state index contributed by atoms with van der Waals surface area (Å²) in [4.78, 5) is 10.7. The van der Waals surface area contributed by atoms with E-state index in [1.165, 1.54) is 36.4 Å². The SMILES string of the molecule is O=Cc1ccc(-n2nc(C(F)(F)F)cc2-c2ccc(F)cc2)cc1. The summed E-state index contributed by atoms with van der Waals surface area (Å²) in [7, 11) is 0. The van der Waals surface area contributed by atoms with E-state index in [0.29, 0.717) is 23.1 Å². The maximum absolute atomic E-state index is 13.1. The number of hydrogen-bond acceptors (Lipinski definition) is 2. The largest absolute Gasteiger partial charge is 0.435 e. The molecule has 1 aromatic heterocycles. The summed E-state index contributed by atoms with van der Waals surface area (Å²) in [6.07, 6.45) is -3.97. The number of benzene rings is 2. The van der Waals surface area contributed by atoms with Crippen molar-refractivity contribution in [2.24, 2.45) is 0 Å². The standard InChI is InChI=1S/C17H10F4N2O/c18-13-5-3-12(4-6-13)15-9-16(17(19,20)21)22-23(15)14-7-1-11(10-24)2-8-14/h1-10H. The van der Waals surface area contributed by atoms with Crippen LogP contribution in [-0.2, 0) is 6.18 Å². The Morgan fingerprint density at radius 3 is 2.12 bits per heavy atom. The van der Waals surface area contributed by atoms with Crippen LogP contribution in [0.15, 0.2) is 54.6 Å². The van der Waals surface area contributed by atoms with E-state index in [1.807, 2.05) is 0 Å². The van der Waals surface area contributed by atoms with Crippen molar-refractivity contribution in [2.45, 2.75) is 6.18 Å². The summed E-state index contributed by atoms with van der Waals surface area (Å²) < 4.78 is 53.2. The molecule has 0 N–H and O–H groups in total. The van der Waals surface area contributed by atoms with Gasteiger partial charge in [-0.3, -0.25) is 4.79 Å². The quantitative estimate of drug-likeness (QED) is 0.522. The van der Waals surface area contributed by atoms with Gasteiger partial charge in [0.2, 0.25) is 0 Å². The summed E-state index contributed by atoms with van der Waals surface area (Å²) in [5.74, 6) is -0.490. The number of hydrogen-bond donors (Lipinski definition) is 0. The van der Waals surface area contributed by atoms with Gasteiger partial charge in [0, 0.05) is 11.1 Å². The Labute approximate surface area is 134 Å². The zero-order valence-electron chi connectivity index (χ0n) is 12.1. The Morgan fingerprint density at radius 1 is 0.958 bits per heavy atom. The molecule has 0 aliphatic heterocycles. The molecule has 0 amide bonds. The molecule has 0 aliphatic carbocycles. The average Bonchev–Trinajstić information content (AvgIpc) is 3.01. The first kappa shape index (κ1) is 15.9. The second-order valence-electron chi connectivity index (χ2n) is 5.04. The van der Waals surface area contributed by atoms with Crippen LogP contribution in [0.1, 0.15) is 16.1 Å². The number of alkyl halides is 3. The van der Waals surface area contributed by atoms with E-state index in [0.717, 1.165) is 22.9 Å². The Kier molecular flexibility index (Phi) is 3.92. The van der Waals surface area contributed by atoms with Crippen LogP contribution in [0.2, 0.25) is 0 Å². The summed E-state index contributed by atoms with van der Waals surface area (Å²) in [6.45, 7) is 0. The van der Waals surface area contributed by atoms with Crippen LogP contribution in [0.25, 0.3) is 16.9 Å². The molecule has 2 aromatic carbocycles. The summed E-state index contributed by atoms with van der Waals surface area (Å²) in [5, 5.41) is 3.62. The van der Waals surface area contributed by atoms with Crippen molar-refractivity contribution < 1.29 is 22.4 Å². The fraction of sp³-hybridized carbons (Fsp3) is 0.0588. The molecule has 3 nitrogen and oxygen atoms in total. The number of aromatic nitrogens is 2. The van der Waals surface area contributed by atoms with Gasteiger partial charge >= 0.3 is 6.18 Å². The summed E-state index contributed by atoms with van der Waals surface area (Å²) in [5.41, 5.74) is 0.252. The van der Waals surface area contributed by atoms with Crippen molar-refractivity contribution in [1.82, 2.24) is 9.78 Å². The van der Waals surface area contributed by atoms with E-state index >= 15 is 0 Å². The van der Waals surface area contributed by atoms with Crippen molar-refractivity contribution in [1.29, 1.82) is 0 Å². The lowest BCUT2D eigenvalue weighted by Gasteiger charge is -2.08. The van der Waals surface area contributed by atoms with E-state index in [9.17, 15) is 22.4 Å². The lowest BCUT2D eigenvalue weighted by molar-refractivity contribution is -0.141. The highest BCUT2D eigenvalue weighted by Crippen LogP contribution is 2.33. The molecule has 7 heteroatoms. The van der Waals surface area contributed by atoms with Crippen LogP contribution in [-0.4, -0.2) is 16.1 Å². The van der Waals surface area contributed by atoms with Crippen LogP contribution in [0.3, 0.4) is 0 Å². The second kappa shape index (κ2) is 5.92. The first-order valence-electron chi connectivity index (χ1n) is 6.87. The molecule has 0 bridgehead atoms. The predicted octanol–water partition coefficient (Wildman–Crippen LogP) is 4.51. The van der Waals surface area contributed by atoms with Crippen molar-refractivity contribution >= 4 is 6.29 Å². The first-order chi connectivity index (χ1) is 11.4. The highest BCUT2D eigenvalue weighted by molar-refractivity contribution is 5.75. The molecule has 1 heterocycles. The number of carbonyl (C=O) groups excluding carboxylic acids is 1. The van der Waals surface area contributed by atoms with Crippen LogP contribution in [0, 0.1) is 5.82 Å². The smallest absolute Gasteiger partial charge is 0.298 e. The van der Waals surface area contributed by atoms with Crippen LogP contribution < -0.4 is 0 Å². The third-order valence-corrected chi connectivity index (χ3v) is 3.41. The van der Waals surface area contributed by atoms with Gasteiger partial charge in [-0.15, -0.1) is 0 Å². The fourth-order valence-corrected chi connectivity index (χ4v) is 2.24. The molecule has 0 radical (unpaired) electrons. The van der Waals surface area contributed by atoms with Crippen molar-refractivity contribution in [3.63, 3.8) is 0 Å². The van der Waals surface area contributed by atoms with Gasteiger partial charge in [-0.05, 0) is 54.6 Å². The topological polar surface area (TPSA) is 34.9 Å². The molecule has 3 rings (SSSR count). The lowest BCUT2D eigenvalue weighted by Crippen LogP contribution is -2.07. The number of nitrogens with zero attached hydrogens (tertiary/aromatic N) is 2. The molecule has 0 saturated heterocycles. The molecule has 122 valence electrons. The molecule has 0 spiro atoms. The van der Waals surface area contributed by atoms with E-state index in [2.05, 4.69) is 5.10 Å². The first-order valence-corrected chi connectivity index (χ1v) is 6.87. The van der Waals surface area contributed by atoms with Gasteiger partial charge in [-0.2, -0.15) is 18.3 Å². The van der Waals surface area contributed by atoms with Gasteiger partial charge in [0.15, 0.2) is 5.69 Å². The zero-order chi connectivity index (χ0) is 17.3. The van der Waals surface area contributed by atoms with E-state index in [4.69, 9.17) is 0 Å². The van der Waals surface area contributed by atoms with Crippen LogP contribution >= 0.6 is 0 Å². The van der Waals surface area contributed by atoms with Gasteiger partial charge in [-0.25, -0.2) is 9.07 Å². The molecule has 0 fully saturated rings.